The van der Waals surface area contributed by atoms with Gasteiger partial charge in [-0.25, -0.2) is 9.38 Å². The normalized spacial score (nSPS) is 29.1. The first-order valence-corrected chi connectivity index (χ1v) is 9.20. The molecule has 4 N–H and O–H groups in total. The van der Waals surface area contributed by atoms with E-state index in [0.717, 1.165) is 19.5 Å². The number of nitrogens with zero attached hydrogens (tertiary/aromatic N) is 4. The highest BCUT2D eigenvalue weighted by molar-refractivity contribution is 5.82. The third kappa shape index (κ3) is 4.00. The minimum atomic E-state index is -4.58. The number of rotatable bonds is 5. The molecule has 1 aromatic heterocycles. The number of nitrogens with one attached hydrogen (secondary N) is 2. The van der Waals surface area contributed by atoms with Gasteiger partial charge < -0.3 is 15.5 Å². The predicted molar refractivity (Wildman–Crippen MR) is 97.1 cm³/mol. The van der Waals surface area contributed by atoms with Crippen LogP contribution >= 0.6 is 0 Å². The van der Waals surface area contributed by atoms with Crippen molar-refractivity contribution < 1.29 is 17.6 Å². The molecule has 1 saturated heterocycles. The fourth-order valence-corrected chi connectivity index (χ4v) is 3.57. The fourth-order valence-electron chi connectivity index (χ4n) is 3.57. The van der Waals surface area contributed by atoms with Crippen molar-refractivity contribution in [2.45, 2.75) is 43.9 Å². The summed E-state index contributed by atoms with van der Waals surface area (Å²) in [5, 5.41) is 9.25. The molecule has 1 aromatic rings. The van der Waals surface area contributed by atoms with Gasteiger partial charge in [0.25, 0.3) is 0 Å². The highest BCUT2D eigenvalue weighted by atomic mass is 19.4. The molecule has 2 aliphatic rings. The maximum Gasteiger partial charge on any atom is 0.421 e. The number of piperidine rings is 1. The van der Waals surface area contributed by atoms with Gasteiger partial charge in [-0.3, -0.25) is 10.4 Å². The summed E-state index contributed by atoms with van der Waals surface area (Å²) in [7, 11) is 1.36. The van der Waals surface area contributed by atoms with E-state index < -0.39 is 29.7 Å². The van der Waals surface area contributed by atoms with Gasteiger partial charge in [-0.1, -0.05) is 6.92 Å². The zero-order chi connectivity index (χ0) is 20.5. The number of halogens is 4. The Bertz CT molecular complexity index is 757. The number of likely N-dealkylation sites (tertiary alicyclic amines) is 1. The lowest BCUT2D eigenvalue weighted by atomic mass is 10.0. The molecule has 1 unspecified atom stereocenters. The van der Waals surface area contributed by atoms with Crippen LogP contribution in [0.4, 0.5) is 17.6 Å². The Kier molecular flexibility index (Phi) is 5.67. The summed E-state index contributed by atoms with van der Waals surface area (Å²) in [5.74, 6) is -1.91. The van der Waals surface area contributed by atoms with Gasteiger partial charge in [-0.05, 0) is 19.4 Å². The Morgan fingerprint density at radius 1 is 1.43 bits per heavy atom. The maximum atomic E-state index is 14.6. The van der Waals surface area contributed by atoms with E-state index in [0.29, 0.717) is 24.7 Å². The summed E-state index contributed by atoms with van der Waals surface area (Å²) < 4.78 is 55.4. The van der Waals surface area contributed by atoms with Crippen LogP contribution in [0.25, 0.3) is 0 Å². The quantitative estimate of drug-likeness (QED) is 0.651. The van der Waals surface area contributed by atoms with E-state index in [1.807, 2.05) is 0 Å². The average molecular weight is 403 g/mol. The third-order valence-electron chi connectivity index (χ3n) is 5.05. The van der Waals surface area contributed by atoms with Crippen molar-refractivity contribution >= 4 is 6.21 Å². The molecule has 3 heterocycles. The summed E-state index contributed by atoms with van der Waals surface area (Å²) in [4.78, 5) is 5.94. The Morgan fingerprint density at radius 2 is 2.18 bits per heavy atom. The van der Waals surface area contributed by atoms with Crippen molar-refractivity contribution in [2.75, 3.05) is 26.7 Å². The zero-order valence-corrected chi connectivity index (χ0v) is 15.8. The van der Waals surface area contributed by atoms with E-state index in [9.17, 15) is 17.6 Å². The van der Waals surface area contributed by atoms with Crippen LogP contribution in [0.5, 0.6) is 0 Å². The van der Waals surface area contributed by atoms with Gasteiger partial charge in [0, 0.05) is 32.5 Å². The fraction of sp³-hybridized carbons (Fsp3) is 0.647. The molecule has 7 nitrogen and oxygen atoms in total. The minimum absolute atomic E-state index is 0.283. The molecule has 0 spiro atoms. The lowest BCUT2D eigenvalue weighted by Crippen LogP contribution is -2.53. The standard InChI is InChI=1S/C17H25F4N7/c1-3-5-27-6-4-14(13(18)10-27)28-9-11(7-25-28)17(22)24-8-12(16(19,20)21)15(23-2)26-17/h7-9,13-14,23,26H,3-6,10,22H2,1-2H3/t13-,14-,17?/m1/s1. The van der Waals surface area contributed by atoms with Crippen LogP contribution in [0.3, 0.4) is 0 Å². The van der Waals surface area contributed by atoms with Gasteiger partial charge in [-0.15, -0.1) is 0 Å². The summed E-state index contributed by atoms with van der Waals surface area (Å²) in [6, 6.07) is -0.442. The van der Waals surface area contributed by atoms with E-state index in [2.05, 4.69) is 32.5 Å². The zero-order valence-electron chi connectivity index (χ0n) is 15.8. The van der Waals surface area contributed by atoms with E-state index in [-0.39, 0.29) is 5.82 Å². The van der Waals surface area contributed by atoms with Crippen LogP contribution in [0.2, 0.25) is 0 Å². The van der Waals surface area contributed by atoms with Crippen molar-refractivity contribution in [3.05, 3.63) is 29.4 Å². The Balaban J connectivity index is 1.78. The molecular formula is C17H25F4N7. The van der Waals surface area contributed by atoms with Gasteiger partial charge in [0.15, 0.2) is 0 Å². The summed E-state index contributed by atoms with van der Waals surface area (Å²) in [6.45, 7) is 4.00. The monoisotopic (exact) mass is 403 g/mol. The molecule has 0 aromatic carbocycles. The first kappa shape index (κ1) is 20.6. The molecule has 11 heteroatoms. The molecule has 0 amide bonds. The number of aliphatic imine (C=N–C) groups is 1. The molecule has 0 radical (unpaired) electrons. The summed E-state index contributed by atoms with van der Waals surface area (Å²) in [5.41, 5.74) is 5.58. The van der Waals surface area contributed by atoms with Gasteiger partial charge in [0.1, 0.15) is 17.6 Å². The molecule has 2 aliphatic heterocycles. The van der Waals surface area contributed by atoms with Crippen molar-refractivity contribution in [1.29, 1.82) is 0 Å². The van der Waals surface area contributed by atoms with Crippen molar-refractivity contribution in [3.8, 4) is 0 Å². The van der Waals surface area contributed by atoms with Crippen LogP contribution in [0.1, 0.15) is 31.4 Å². The molecule has 0 saturated carbocycles. The molecule has 0 aliphatic carbocycles. The number of alkyl halides is 4. The van der Waals surface area contributed by atoms with E-state index >= 15 is 0 Å². The van der Waals surface area contributed by atoms with Gasteiger partial charge in [0.2, 0.25) is 5.79 Å². The first-order chi connectivity index (χ1) is 13.2. The van der Waals surface area contributed by atoms with E-state index in [1.54, 1.807) is 6.20 Å². The second-order valence-corrected chi connectivity index (χ2v) is 7.07. The predicted octanol–water partition coefficient (Wildman–Crippen LogP) is 1.61. The number of hydrogen-bond acceptors (Lipinski definition) is 6. The second kappa shape index (κ2) is 7.70. The number of allylic oxidation sites excluding steroid dienone is 1. The van der Waals surface area contributed by atoms with Gasteiger partial charge in [0.05, 0.1) is 17.8 Å². The number of nitrogens with two attached hydrogens (primary N) is 1. The van der Waals surface area contributed by atoms with Crippen LogP contribution in [0, 0.1) is 0 Å². The molecule has 156 valence electrons. The topological polar surface area (TPSA) is 83.5 Å². The second-order valence-electron chi connectivity index (χ2n) is 7.07. The van der Waals surface area contributed by atoms with Crippen LogP contribution in [-0.4, -0.2) is 59.9 Å². The lowest BCUT2D eigenvalue weighted by Gasteiger charge is -2.35. The Hall–Kier alpha value is -2.14. The summed E-state index contributed by atoms with van der Waals surface area (Å²) in [6.07, 6.45) is -0.464. The molecule has 28 heavy (non-hydrogen) atoms. The number of aromatic nitrogens is 2. The smallest absolute Gasteiger partial charge is 0.374 e. The van der Waals surface area contributed by atoms with Crippen molar-refractivity contribution in [2.24, 2.45) is 10.7 Å². The summed E-state index contributed by atoms with van der Waals surface area (Å²) >= 11 is 0. The average Bonchev–Trinajstić information content (AvgIpc) is 3.11. The van der Waals surface area contributed by atoms with E-state index in [4.69, 9.17) is 5.73 Å². The van der Waals surface area contributed by atoms with Gasteiger partial charge in [-0.2, -0.15) is 18.3 Å². The van der Waals surface area contributed by atoms with E-state index in [1.165, 1.54) is 17.9 Å². The minimum Gasteiger partial charge on any atom is -0.374 e. The molecular weight excluding hydrogens is 378 g/mol. The Labute approximate surface area is 160 Å². The van der Waals surface area contributed by atoms with Gasteiger partial charge >= 0.3 is 6.18 Å². The van der Waals surface area contributed by atoms with Crippen LogP contribution in [-0.2, 0) is 5.79 Å². The highest BCUT2D eigenvalue weighted by Gasteiger charge is 2.42. The van der Waals surface area contributed by atoms with Crippen LogP contribution in [0.15, 0.2) is 28.8 Å². The third-order valence-corrected chi connectivity index (χ3v) is 5.05. The highest BCUT2D eigenvalue weighted by Crippen LogP contribution is 2.32. The maximum absolute atomic E-state index is 14.6. The Morgan fingerprint density at radius 3 is 2.79 bits per heavy atom. The first-order valence-electron chi connectivity index (χ1n) is 9.20. The van der Waals surface area contributed by atoms with Crippen molar-refractivity contribution in [3.63, 3.8) is 0 Å². The largest absolute Gasteiger partial charge is 0.421 e. The molecule has 1 fully saturated rings. The lowest BCUT2D eigenvalue weighted by molar-refractivity contribution is -0.0875. The van der Waals surface area contributed by atoms with Crippen LogP contribution < -0.4 is 16.4 Å². The number of hydrogen-bond donors (Lipinski definition) is 3. The molecule has 0 bridgehead atoms. The molecule has 3 rings (SSSR count). The van der Waals surface area contributed by atoms with Crippen molar-refractivity contribution in [1.82, 2.24) is 25.3 Å². The molecule has 3 atom stereocenters. The SMILES string of the molecule is CCCN1CC[C@@H](n2cc(C3(N)N=CC(C(F)(F)F)=C(NC)N3)cn2)[C@H](F)C1.